The number of halogens is 2. The lowest BCUT2D eigenvalue weighted by Crippen LogP contribution is -2.42. The largest absolute Gasteiger partial charge is 0.370 e. The molecule has 0 unspecified atom stereocenters. The van der Waals surface area contributed by atoms with E-state index < -0.39 is 0 Å². The summed E-state index contributed by atoms with van der Waals surface area (Å²) in [7, 11) is 0. The molecule has 0 aliphatic carbocycles. The van der Waals surface area contributed by atoms with Gasteiger partial charge in [-0.2, -0.15) is 0 Å². The maximum Gasteiger partial charge on any atom is 0.224 e. The molecule has 0 N–H and O–H groups in total. The minimum atomic E-state index is -0.171. The van der Waals surface area contributed by atoms with E-state index in [-0.39, 0.29) is 12.0 Å². The van der Waals surface area contributed by atoms with Crippen LogP contribution in [0.1, 0.15) is 18.1 Å². The van der Waals surface area contributed by atoms with Gasteiger partial charge in [-0.3, -0.25) is 4.79 Å². The number of imidazole rings is 1. The van der Waals surface area contributed by atoms with Crippen LogP contribution in [0.4, 0.5) is 0 Å². The van der Waals surface area contributed by atoms with Crippen LogP contribution in [0.25, 0.3) is 0 Å². The molecule has 122 valence electrons. The van der Waals surface area contributed by atoms with Crippen molar-refractivity contribution in [2.45, 2.75) is 19.1 Å². The molecular formula is C16H17Cl2N3O2. The van der Waals surface area contributed by atoms with E-state index in [0.717, 1.165) is 5.56 Å². The number of carbonyl (C=O) groups excluding carboxylic acids is 1. The van der Waals surface area contributed by atoms with Crippen molar-refractivity contribution in [2.24, 2.45) is 0 Å². The maximum absolute atomic E-state index is 12.4. The molecule has 1 fully saturated rings. The molecule has 1 amide bonds. The summed E-state index contributed by atoms with van der Waals surface area (Å²) in [5.41, 5.74) is 0.937. The molecular weight excluding hydrogens is 337 g/mol. The molecule has 1 aliphatic rings. The summed E-state index contributed by atoms with van der Waals surface area (Å²) in [5, 5.41) is 1.01. The highest BCUT2D eigenvalue weighted by Gasteiger charge is 2.25. The average molecular weight is 354 g/mol. The molecule has 0 saturated carbocycles. The van der Waals surface area contributed by atoms with Gasteiger partial charge in [0, 0.05) is 31.9 Å². The molecule has 0 bridgehead atoms. The smallest absolute Gasteiger partial charge is 0.224 e. The van der Waals surface area contributed by atoms with Gasteiger partial charge < -0.3 is 14.2 Å². The van der Waals surface area contributed by atoms with Gasteiger partial charge in [0.15, 0.2) is 0 Å². The number of rotatable bonds is 4. The Morgan fingerprint density at radius 1 is 1.35 bits per heavy atom. The first kappa shape index (κ1) is 16.3. The Morgan fingerprint density at radius 2 is 2.22 bits per heavy atom. The molecule has 1 aromatic heterocycles. The van der Waals surface area contributed by atoms with Crippen molar-refractivity contribution in [1.82, 2.24) is 14.5 Å². The normalized spacial score (nSPS) is 18.2. The first-order valence-electron chi connectivity index (χ1n) is 7.43. The van der Waals surface area contributed by atoms with Crippen molar-refractivity contribution in [3.8, 4) is 0 Å². The van der Waals surface area contributed by atoms with E-state index in [1.54, 1.807) is 24.7 Å². The van der Waals surface area contributed by atoms with E-state index in [1.165, 1.54) is 0 Å². The Bertz CT molecular complexity index is 676. The Kier molecular flexibility index (Phi) is 5.20. The van der Waals surface area contributed by atoms with Crippen molar-refractivity contribution < 1.29 is 9.53 Å². The summed E-state index contributed by atoms with van der Waals surface area (Å²) < 4.78 is 7.68. The van der Waals surface area contributed by atoms with Crippen molar-refractivity contribution >= 4 is 29.1 Å². The predicted octanol–water partition coefficient (Wildman–Crippen LogP) is 3.18. The monoisotopic (exact) mass is 353 g/mol. The van der Waals surface area contributed by atoms with Gasteiger partial charge in [-0.1, -0.05) is 29.3 Å². The summed E-state index contributed by atoms with van der Waals surface area (Å²) in [4.78, 5) is 18.2. The Morgan fingerprint density at radius 3 is 2.96 bits per heavy atom. The van der Waals surface area contributed by atoms with Crippen molar-refractivity contribution in [3.63, 3.8) is 0 Å². The van der Waals surface area contributed by atoms with E-state index in [0.29, 0.717) is 42.7 Å². The van der Waals surface area contributed by atoms with Crippen LogP contribution in [-0.2, 0) is 16.1 Å². The molecule has 1 aromatic carbocycles. The molecule has 23 heavy (non-hydrogen) atoms. The van der Waals surface area contributed by atoms with Crippen molar-refractivity contribution in [1.29, 1.82) is 0 Å². The van der Waals surface area contributed by atoms with E-state index in [9.17, 15) is 4.79 Å². The zero-order chi connectivity index (χ0) is 16.2. The maximum atomic E-state index is 12.4. The quantitative estimate of drug-likeness (QED) is 0.847. The second-order valence-corrected chi connectivity index (χ2v) is 6.24. The second-order valence-electron chi connectivity index (χ2n) is 5.42. The minimum absolute atomic E-state index is 0.118. The molecule has 1 aliphatic heterocycles. The third kappa shape index (κ3) is 4.05. The highest BCUT2D eigenvalue weighted by molar-refractivity contribution is 6.42. The molecule has 3 rings (SSSR count). The average Bonchev–Trinajstić information content (AvgIpc) is 3.09. The fourth-order valence-electron chi connectivity index (χ4n) is 2.59. The molecule has 2 heterocycles. The van der Waals surface area contributed by atoms with Crippen LogP contribution in [0.3, 0.4) is 0 Å². The molecule has 1 saturated heterocycles. The number of aryl methyl sites for hydroxylation is 1. The van der Waals surface area contributed by atoms with Crippen molar-refractivity contribution in [2.75, 3.05) is 19.7 Å². The molecule has 7 heteroatoms. The summed E-state index contributed by atoms with van der Waals surface area (Å²) in [6.45, 7) is 2.29. The standard InChI is InChI=1S/C16H17Cl2N3O2/c17-13-2-1-12(9-14(13)18)15-10-21(7-8-23-15)16(22)3-5-20-6-4-19-11-20/h1-2,4,6,9,11,15H,3,5,7-8,10H2/t15-/m0/s1. The van der Waals surface area contributed by atoms with E-state index in [1.807, 2.05) is 21.7 Å². The predicted molar refractivity (Wildman–Crippen MR) is 88.6 cm³/mol. The highest BCUT2D eigenvalue weighted by atomic mass is 35.5. The Labute approximate surface area is 144 Å². The zero-order valence-corrected chi connectivity index (χ0v) is 14.0. The van der Waals surface area contributed by atoms with Crippen LogP contribution in [-0.4, -0.2) is 40.1 Å². The van der Waals surface area contributed by atoms with Crippen LogP contribution in [0.2, 0.25) is 10.0 Å². The van der Waals surface area contributed by atoms with Crippen LogP contribution in [0, 0.1) is 0 Å². The van der Waals surface area contributed by atoms with E-state index in [4.69, 9.17) is 27.9 Å². The number of carbonyl (C=O) groups is 1. The molecule has 0 spiro atoms. The molecule has 1 atom stereocenters. The number of hydrogen-bond donors (Lipinski definition) is 0. The van der Waals surface area contributed by atoms with Crippen LogP contribution in [0.5, 0.6) is 0 Å². The van der Waals surface area contributed by atoms with E-state index >= 15 is 0 Å². The summed E-state index contributed by atoms with van der Waals surface area (Å²) >= 11 is 12.0. The van der Waals surface area contributed by atoms with Crippen LogP contribution >= 0.6 is 23.2 Å². The summed E-state index contributed by atoms with van der Waals surface area (Å²) in [6, 6.07) is 5.44. The van der Waals surface area contributed by atoms with Gasteiger partial charge in [0.2, 0.25) is 5.91 Å². The Hall–Kier alpha value is -1.56. The van der Waals surface area contributed by atoms with Gasteiger partial charge in [0.05, 0.1) is 29.5 Å². The third-order valence-electron chi connectivity index (χ3n) is 3.88. The number of hydrogen-bond acceptors (Lipinski definition) is 3. The van der Waals surface area contributed by atoms with Gasteiger partial charge in [-0.15, -0.1) is 0 Å². The second kappa shape index (κ2) is 7.34. The number of aromatic nitrogens is 2. The number of benzene rings is 1. The van der Waals surface area contributed by atoms with Crippen LogP contribution < -0.4 is 0 Å². The van der Waals surface area contributed by atoms with Gasteiger partial charge in [-0.05, 0) is 17.7 Å². The number of morpholine rings is 1. The van der Waals surface area contributed by atoms with Gasteiger partial charge >= 0.3 is 0 Å². The van der Waals surface area contributed by atoms with Crippen LogP contribution in [0.15, 0.2) is 36.9 Å². The highest BCUT2D eigenvalue weighted by Crippen LogP contribution is 2.29. The van der Waals surface area contributed by atoms with E-state index in [2.05, 4.69) is 4.98 Å². The number of amides is 1. The minimum Gasteiger partial charge on any atom is -0.370 e. The third-order valence-corrected chi connectivity index (χ3v) is 4.62. The number of nitrogens with zero attached hydrogens (tertiary/aromatic N) is 3. The number of ether oxygens (including phenoxy) is 1. The van der Waals surface area contributed by atoms with Gasteiger partial charge in [0.25, 0.3) is 0 Å². The topological polar surface area (TPSA) is 47.4 Å². The lowest BCUT2D eigenvalue weighted by Gasteiger charge is -2.33. The molecule has 0 radical (unpaired) electrons. The SMILES string of the molecule is O=C(CCn1ccnc1)N1CCO[C@H](c2ccc(Cl)c(Cl)c2)C1. The molecule has 5 nitrogen and oxygen atoms in total. The fraction of sp³-hybridized carbons (Fsp3) is 0.375. The lowest BCUT2D eigenvalue weighted by atomic mass is 10.1. The Balaban J connectivity index is 1.60. The lowest BCUT2D eigenvalue weighted by molar-refractivity contribution is -0.139. The first-order valence-corrected chi connectivity index (χ1v) is 8.19. The zero-order valence-electron chi connectivity index (χ0n) is 12.5. The van der Waals surface area contributed by atoms with Gasteiger partial charge in [-0.25, -0.2) is 4.98 Å². The van der Waals surface area contributed by atoms with Gasteiger partial charge in [0.1, 0.15) is 6.10 Å². The fourth-order valence-corrected chi connectivity index (χ4v) is 2.90. The molecule has 2 aromatic rings. The van der Waals surface area contributed by atoms with Crippen molar-refractivity contribution in [3.05, 3.63) is 52.5 Å². The summed E-state index contributed by atoms with van der Waals surface area (Å²) in [6.07, 6.45) is 5.55. The first-order chi connectivity index (χ1) is 11.1. The summed E-state index contributed by atoms with van der Waals surface area (Å²) in [5.74, 6) is 0.118.